The maximum absolute atomic E-state index is 11.6. The number of rotatable bonds is 3. The van der Waals surface area contributed by atoms with Crippen LogP contribution < -0.4 is 11.1 Å². The second-order valence-corrected chi connectivity index (χ2v) is 4.98. The summed E-state index contributed by atoms with van der Waals surface area (Å²) in [6, 6.07) is 2.46. The molecule has 1 amide bonds. The van der Waals surface area contributed by atoms with Crippen molar-refractivity contribution in [1.29, 1.82) is 0 Å². The number of amides is 1. The van der Waals surface area contributed by atoms with Crippen LogP contribution in [0.15, 0.2) is 16.6 Å². The van der Waals surface area contributed by atoms with E-state index in [4.69, 9.17) is 35.4 Å². The minimum absolute atomic E-state index is 0.150. The molecule has 90 valence electrons. The minimum Gasteiger partial charge on any atom is -0.322 e. The first-order valence-electron chi connectivity index (χ1n) is 4.60. The summed E-state index contributed by atoms with van der Waals surface area (Å²) in [7, 11) is 0. The van der Waals surface area contributed by atoms with Crippen LogP contribution in [0.2, 0.25) is 10.0 Å². The summed E-state index contributed by atoms with van der Waals surface area (Å²) in [5.74, 6) is 1.89. The third-order valence-electron chi connectivity index (χ3n) is 1.93. The number of hydrogen-bond donors (Lipinski definition) is 2. The van der Waals surface area contributed by atoms with Crippen molar-refractivity contribution < 1.29 is 4.79 Å². The molecule has 0 spiro atoms. The molecule has 17 heavy (non-hydrogen) atoms. The Kier molecular flexibility index (Phi) is 5.29. The molecule has 1 aromatic carbocycles. The molecule has 0 radical (unpaired) electrons. The lowest BCUT2D eigenvalue weighted by molar-refractivity contribution is -0.117. The summed E-state index contributed by atoms with van der Waals surface area (Å²) in [6.07, 6.45) is 5.22. The van der Waals surface area contributed by atoms with Gasteiger partial charge in [-0.1, -0.05) is 39.1 Å². The van der Waals surface area contributed by atoms with Crippen LogP contribution in [0, 0.1) is 12.3 Å². The number of benzene rings is 1. The molecule has 0 aliphatic carbocycles. The fraction of sp³-hybridized carbons (Fsp3) is 0.182. The number of anilines is 1. The topological polar surface area (TPSA) is 55.1 Å². The van der Waals surface area contributed by atoms with E-state index in [0.717, 1.165) is 4.47 Å². The Morgan fingerprint density at radius 2 is 2.06 bits per heavy atom. The molecular formula is C11H9BrCl2N2O. The van der Waals surface area contributed by atoms with Gasteiger partial charge in [-0.25, -0.2) is 0 Å². The lowest BCUT2D eigenvalue weighted by Gasteiger charge is -2.12. The summed E-state index contributed by atoms with van der Waals surface area (Å²) in [5, 5.41) is 3.20. The summed E-state index contributed by atoms with van der Waals surface area (Å²) < 4.78 is 0.721. The van der Waals surface area contributed by atoms with Crippen LogP contribution in [0.3, 0.4) is 0 Å². The van der Waals surface area contributed by atoms with Crippen molar-refractivity contribution in [2.45, 2.75) is 12.5 Å². The van der Waals surface area contributed by atoms with Gasteiger partial charge in [0, 0.05) is 10.9 Å². The van der Waals surface area contributed by atoms with Crippen LogP contribution >= 0.6 is 39.1 Å². The smallest absolute Gasteiger partial charge is 0.242 e. The lowest BCUT2D eigenvalue weighted by Crippen LogP contribution is -2.35. The highest BCUT2D eigenvalue weighted by Crippen LogP contribution is 2.33. The minimum atomic E-state index is -0.782. The van der Waals surface area contributed by atoms with Gasteiger partial charge in [0.2, 0.25) is 5.91 Å². The number of nitrogens with two attached hydrogens (primary N) is 1. The molecule has 1 unspecified atom stereocenters. The zero-order chi connectivity index (χ0) is 13.0. The molecule has 0 heterocycles. The second-order valence-electron chi connectivity index (χ2n) is 3.25. The summed E-state index contributed by atoms with van der Waals surface area (Å²) in [6.45, 7) is 0. The van der Waals surface area contributed by atoms with Crippen LogP contribution in [0.5, 0.6) is 0 Å². The number of hydrogen-bond acceptors (Lipinski definition) is 2. The predicted molar refractivity (Wildman–Crippen MR) is 74.2 cm³/mol. The Labute approximate surface area is 118 Å². The summed E-state index contributed by atoms with van der Waals surface area (Å²) in [5.41, 5.74) is 5.88. The summed E-state index contributed by atoms with van der Waals surface area (Å²) >= 11 is 15.1. The quantitative estimate of drug-likeness (QED) is 0.834. The van der Waals surface area contributed by atoms with Gasteiger partial charge in [0.05, 0.1) is 21.8 Å². The van der Waals surface area contributed by atoms with Gasteiger partial charge in [0.25, 0.3) is 0 Å². The van der Waals surface area contributed by atoms with Gasteiger partial charge in [0.1, 0.15) is 0 Å². The van der Waals surface area contributed by atoms with E-state index in [9.17, 15) is 4.79 Å². The van der Waals surface area contributed by atoms with Crippen molar-refractivity contribution in [2.24, 2.45) is 5.73 Å². The van der Waals surface area contributed by atoms with E-state index < -0.39 is 11.9 Å². The van der Waals surface area contributed by atoms with Gasteiger partial charge in [-0.3, -0.25) is 4.79 Å². The average Bonchev–Trinajstić information content (AvgIpc) is 2.23. The molecule has 0 bridgehead atoms. The monoisotopic (exact) mass is 334 g/mol. The predicted octanol–water partition coefficient (Wildman–Crippen LogP) is 3.05. The highest BCUT2D eigenvalue weighted by Gasteiger charge is 2.16. The first-order valence-corrected chi connectivity index (χ1v) is 6.15. The van der Waals surface area contributed by atoms with E-state index >= 15 is 0 Å². The molecule has 6 heteroatoms. The van der Waals surface area contributed by atoms with Crippen molar-refractivity contribution >= 4 is 50.7 Å². The van der Waals surface area contributed by atoms with E-state index in [0.29, 0.717) is 15.7 Å². The second kappa shape index (κ2) is 6.27. The van der Waals surface area contributed by atoms with Crippen molar-refractivity contribution in [1.82, 2.24) is 0 Å². The van der Waals surface area contributed by atoms with E-state index in [1.54, 1.807) is 12.1 Å². The maximum Gasteiger partial charge on any atom is 0.242 e. The Bertz CT molecular complexity index is 462. The number of halogens is 3. The molecule has 1 atom stereocenters. The van der Waals surface area contributed by atoms with Gasteiger partial charge >= 0.3 is 0 Å². The van der Waals surface area contributed by atoms with Gasteiger partial charge in [0.15, 0.2) is 0 Å². The number of nitrogens with one attached hydrogen (secondary N) is 1. The van der Waals surface area contributed by atoms with Crippen LogP contribution in [0.4, 0.5) is 5.69 Å². The van der Waals surface area contributed by atoms with Crippen molar-refractivity contribution in [2.75, 3.05) is 5.32 Å². The number of carbonyl (C=O) groups is 1. The lowest BCUT2D eigenvalue weighted by atomic mass is 10.2. The van der Waals surface area contributed by atoms with Gasteiger partial charge < -0.3 is 11.1 Å². The van der Waals surface area contributed by atoms with E-state index in [1.807, 2.05) is 0 Å². The molecular weight excluding hydrogens is 327 g/mol. The first kappa shape index (κ1) is 14.3. The van der Waals surface area contributed by atoms with Gasteiger partial charge in [-0.15, -0.1) is 12.3 Å². The normalized spacial score (nSPS) is 11.7. The highest BCUT2D eigenvalue weighted by molar-refractivity contribution is 9.10. The average molecular weight is 336 g/mol. The van der Waals surface area contributed by atoms with Gasteiger partial charge in [-0.05, 0) is 12.1 Å². The first-order chi connectivity index (χ1) is 7.95. The molecule has 3 N–H and O–H groups in total. The zero-order valence-corrected chi connectivity index (χ0v) is 11.7. The standard InChI is InChI=1S/C11H9BrCl2N2O/c1-2-3-9(15)11(17)16-10-7(13)4-6(12)5-8(10)14/h1,4-5,9H,3,15H2,(H,16,17). The molecule has 1 rings (SSSR count). The molecule has 1 aromatic rings. The Balaban J connectivity index is 2.90. The third-order valence-corrected chi connectivity index (χ3v) is 2.98. The van der Waals surface area contributed by atoms with Gasteiger partial charge in [-0.2, -0.15) is 0 Å². The molecule has 0 aliphatic heterocycles. The van der Waals surface area contributed by atoms with Crippen LogP contribution in [-0.4, -0.2) is 11.9 Å². The Morgan fingerprint density at radius 1 is 1.53 bits per heavy atom. The number of terminal acetylenes is 1. The molecule has 0 aliphatic rings. The fourth-order valence-electron chi connectivity index (χ4n) is 1.10. The number of carbonyl (C=O) groups excluding carboxylic acids is 1. The molecule has 0 saturated heterocycles. The van der Waals surface area contributed by atoms with Crippen LogP contribution in [-0.2, 0) is 4.79 Å². The van der Waals surface area contributed by atoms with E-state index in [2.05, 4.69) is 27.2 Å². The molecule has 0 aromatic heterocycles. The van der Waals surface area contributed by atoms with Crippen LogP contribution in [0.25, 0.3) is 0 Å². The van der Waals surface area contributed by atoms with Crippen molar-refractivity contribution in [3.8, 4) is 12.3 Å². The Hall–Kier alpha value is -0.730. The largest absolute Gasteiger partial charge is 0.322 e. The molecule has 0 saturated carbocycles. The maximum atomic E-state index is 11.6. The zero-order valence-electron chi connectivity index (χ0n) is 8.64. The SMILES string of the molecule is C#CCC(N)C(=O)Nc1c(Cl)cc(Br)cc1Cl. The third kappa shape index (κ3) is 3.90. The summed E-state index contributed by atoms with van der Waals surface area (Å²) in [4.78, 5) is 11.6. The Morgan fingerprint density at radius 3 is 2.53 bits per heavy atom. The van der Waals surface area contributed by atoms with Crippen molar-refractivity contribution in [3.63, 3.8) is 0 Å². The fourth-order valence-corrected chi connectivity index (χ4v) is 2.40. The van der Waals surface area contributed by atoms with E-state index in [1.165, 1.54) is 0 Å². The van der Waals surface area contributed by atoms with Crippen LogP contribution in [0.1, 0.15) is 6.42 Å². The molecule has 3 nitrogen and oxygen atoms in total. The molecule has 0 fully saturated rings. The highest BCUT2D eigenvalue weighted by atomic mass is 79.9. The van der Waals surface area contributed by atoms with E-state index in [-0.39, 0.29) is 6.42 Å². The van der Waals surface area contributed by atoms with Crippen molar-refractivity contribution in [3.05, 3.63) is 26.7 Å².